The Morgan fingerprint density at radius 2 is 1.48 bits per heavy atom. The number of sulfonamides is 1. The van der Waals surface area contributed by atoms with Gasteiger partial charge in [0.05, 0.1) is 11.1 Å². The summed E-state index contributed by atoms with van der Waals surface area (Å²) in [6.45, 7) is 0. The van der Waals surface area contributed by atoms with Crippen LogP contribution in [0.15, 0.2) is 69.5 Å². The largest absolute Gasteiger partial charge is 0.373 e. The number of aromatic nitrogens is 3. The fourth-order valence-corrected chi connectivity index (χ4v) is 3.13. The lowest BCUT2D eigenvalue weighted by Gasteiger charge is -2.04. The number of H-pyrrole nitrogens is 1. The van der Waals surface area contributed by atoms with Gasteiger partial charge in [-0.25, -0.2) is 13.6 Å². The maximum atomic E-state index is 11.2. The Morgan fingerprint density at radius 3 is 1.92 bits per heavy atom. The first-order valence-electron chi connectivity index (χ1n) is 6.70. The summed E-state index contributed by atoms with van der Waals surface area (Å²) in [6.07, 6.45) is 1.91. The van der Waals surface area contributed by atoms with Gasteiger partial charge in [-0.3, -0.25) is 0 Å². The summed E-state index contributed by atoms with van der Waals surface area (Å²) < 4.78 is 22.5. The van der Waals surface area contributed by atoms with Crippen molar-refractivity contribution in [2.75, 3.05) is 0 Å². The van der Waals surface area contributed by atoms with Crippen molar-refractivity contribution in [3.05, 3.63) is 54.7 Å². The average molecular weight is 376 g/mol. The fourth-order valence-electron chi connectivity index (χ4n) is 1.91. The molecular formula is C15H12N4O4S2. The van der Waals surface area contributed by atoms with E-state index in [1.165, 1.54) is 23.9 Å². The molecule has 3 rings (SSSR count). The first-order valence-corrected chi connectivity index (χ1v) is 9.06. The number of primary sulfonamides is 1. The predicted molar refractivity (Wildman–Crippen MR) is 88.8 cm³/mol. The summed E-state index contributed by atoms with van der Waals surface area (Å²) in [5.74, 6) is 0. The molecule has 3 aromatic rings. The summed E-state index contributed by atoms with van der Waals surface area (Å²) in [7, 11) is -3.66. The van der Waals surface area contributed by atoms with Gasteiger partial charge in [0.2, 0.25) is 10.0 Å². The van der Waals surface area contributed by atoms with Crippen LogP contribution in [0.5, 0.6) is 0 Å². The van der Waals surface area contributed by atoms with Gasteiger partial charge in [-0.15, -0.1) is 5.10 Å². The minimum atomic E-state index is -3.66. The molecule has 0 atom stereocenters. The second-order valence-electron chi connectivity index (χ2n) is 4.59. The molecule has 0 saturated carbocycles. The van der Waals surface area contributed by atoms with Crippen molar-refractivity contribution in [1.82, 2.24) is 15.4 Å². The van der Waals surface area contributed by atoms with Gasteiger partial charge >= 0.3 is 6.15 Å². The van der Waals surface area contributed by atoms with E-state index in [1.807, 2.05) is 24.3 Å². The normalized spacial score (nSPS) is 10.4. The molecule has 0 spiro atoms. The molecule has 1 heterocycles. The molecule has 0 fully saturated rings. The molecule has 0 aliphatic rings. The van der Waals surface area contributed by atoms with E-state index in [4.69, 9.17) is 14.7 Å². The van der Waals surface area contributed by atoms with Crippen molar-refractivity contribution in [3.63, 3.8) is 0 Å². The van der Waals surface area contributed by atoms with Gasteiger partial charge in [-0.2, -0.15) is 19.9 Å². The van der Waals surface area contributed by atoms with Crippen LogP contribution in [0, 0.1) is 0 Å². The highest BCUT2D eigenvalue weighted by molar-refractivity contribution is 7.99. The highest BCUT2D eigenvalue weighted by Crippen LogP contribution is 2.28. The first-order chi connectivity index (χ1) is 11.9. The van der Waals surface area contributed by atoms with Crippen molar-refractivity contribution in [1.29, 1.82) is 0 Å². The van der Waals surface area contributed by atoms with E-state index in [-0.39, 0.29) is 11.0 Å². The minimum absolute atomic E-state index is 0.106. The molecule has 0 saturated heterocycles. The molecule has 2 aromatic carbocycles. The number of benzene rings is 2. The Labute approximate surface area is 147 Å². The van der Waals surface area contributed by atoms with Crippen molar-refractivity contribution < 1.29 is 18.0 Å². The second kappa shape index (κ2) is 8.36. The molecular weight excluding hydrogens is 364 g/mol. The van der Waals surface area contributed by atoms with Crippen LogP contribution >= 0.6 is 11.8 Å². The van der Waals surface area contributed by atoms with E-state index in [1.54, 1.807) is 18.3 Å². The van der Waals surface area contributed by atoms with Crippen LogP contribution in [0.1, 0.15) is 0 Å². The van der Waals surface area contributed by atoms with E-state index in [9.17, 15) is 8.42 Å². The van der Waals surface area contributed by atoms with Gasteiger partial charge < -0.3 is 0 Å². The lowest BCUT2D eigenvalue weighted by molar-refractivity contribution is -0.191. The van der Waals surface area contributed by atoms with Gasteiger partial charge in [0.1, 0.15) is 5.03 Å². The van der Waals surface area contributed by atoms with Crippen LogP contribution in [0.25, 0.3) is 11.1 Å². The number of nitrogens with zero attached hydrogens (tertiary/aromatic N) is 2. The third kappa shape index (κ3) is 5.37. The molecule has 1 aromatic heterocycles. The molecule has 0 aliphatic heterocycles. The Morgan fingerprint density at radius 1 is 0.960 bits per heavy atom. The van der Waals surface area contributed by atoms with Gasteiger partial charge in [0.15, 0.2) is 0 Å². The summed E-state index contributed by atoms with van der Waals surface area (Å²) in [5.41, 5.74) is 1.91. The van der Waals surface area contributed by atoms with E-state index in [0.717, 1.165) is 21.0 Å². The smallest absolute Gasteiger partial charge is 0.225 e. The van der Waals surface area contributed by atoms with Crippen LogP contribution in [-0.4, -0.2) is 30.0 Å². The molecule has 10 heteroatoms. The Hall–Kier alpha value is -2.78. The zero-order valence-corrected chi connectivity index (χ0v) is 14.3. The lowest BCUT2D eigenvalue weighted by atomic mass is 10.1. The van der Waals surface area contributed by atoms with E-state index < -0.39 is 10.0 Å². The number of carbonyl (C=O) groups excluding carboxylic acids is 2. The number of aromatic amines is 1. The minimum Gasteiger partial charge on any atom is -0.225 e. The standard InChI is InChI=1S/C14H12N4O2S2.CO2/c15-22(19,20)13-7-3-11(4-8-13)10-1-5-12(6-2-10)21-14-9-16-18-17-14;2-1-3/h1-9H,(H2,15,19,20)(H,16,17,18);. The Kier molecular flexibility index (Phi) is 6.20. The third-order valence-electron chi connectivity index (χ3n) is 2.99. The SMILES string of the molecule is NS(=O)(=O)c1ccc(-c2ccc(Sc3cn[nH]n3)cc2)cc1.O=C=O. The van der Waals surface area contributed by atoms with E-state index in [2.05, 4.69) is 15.4 Å². The Balaban J connectivity index is 0.000000701. The highest BCUT2D eigenvalue weighted by Gasteiger charge is 2.07. The van der Waals surface area contributed by atoms with Crippen LogP contribution in [0.4, 0.5) is 0 Å². The van der Waals surface area contributed by atoms with Gasteiger partial charge in [0.25, 0.3) is 0 Å². The van der Waals surface area contributed by atoms with Crippen LogP contribution < -0.4 is 5.14 Å². The second-order valence-corrected chi connectivity index (χ2v) is 7.24. The maximum Gasteiger partial charge on any atom is 0.373 e. The average Bonchev–Trinajstić information content (AvgIpc) is 3.09. The predicted octanol–water partition coefficient (Wildman–Crippen LogP) is 1.69. The molecule has 0 bridgehead atoms. The van der Waals surface area contributed by atoms with Crippen molar-refractivity contribution >= 4 is 27.9 Å². The summed E-state index contributed by atoms with van der Waals surface area (Å²) in [4.78, 5) is 17.4. The highest BCUT2D eigenvalue weighted by atomic mass is 32.2. The van der Waals surface area contributed by atoms with Crippen LogP contribution in [-0.2, 0) is 19.6 Å². The van der Waals surface area contributed by atoms with Crippen molar-refractivity contribution in [2.24, 2.45) is 5.14 Å². The summed E-state index contributed by atoms with van der Waals surface area (Å²) >= 11 is 1.50. The molecule has 25 heavy (non-hydrogen) atoms. The van der Waals surface area contributed by atoms with E-state index >= 15 is 0 Å². The Bertz CT molecular complexity index is 948. The molecule has 0 unspecified atom stereocenters. The van der Waals surface area contributed by atoms with Crippen molar-refractivity contribution in [3.8, 4) is 11.1 Å². The fraction of sp³-hybridized carbons (Fsp3) is 0. The number of rotatable bonds is 4. The monoisotopic (exact) mass is 376 g/mol. The number of hydrogen-bond donors (Lipinski definition) is 2. The van der Waals surface area contributed by atoms with Gasteiger partial charge in [-0.05, 0) is 35.4 Å². The molecule has 0 aliphatic carbocycles. The molecule has 0 radical (unpaired) electrons. The zero-order chi connectivity index (χ0) is 18.3. The van der Waals surface area contributed by atoms with Crippen LogP contribution in [0.3, 0.4) is 0 Å². The summed E-state index contributed by atoms with van der Waals surface area (Å²) in [6, 6.07) is 14.4. The number of nitrogens with two attached hydrogens (primary N) is 1. The van der Waals surface area contributed by atoms with Gasteiger partial charge in [-0.1, -0.05) is 36.0 Å². The summed E-state index contributed by atoms with van der Waals surface area (Å²) in [5, 5.41) is 16.2. The van der Waals surface area contributed by atoms with Crippen molar-refractivity contribution in [2.45, 2.75) is 14.8 Å². The number of hydrogen-bond acceptors (Lipinski definition) is 7. The number of nitrogens with one attached hydrogen (secondary N) is 1. The molecule has 0 amide bonds. The quantitative estimate of drug-likeness (QED) is 0.707. The molecule has 128 valence electrons. The van der Waals surface area contributed by atoms with E-state index in [0.29, 0.717) is 0 Å². The van der Waals surface area contributed by atoms with Gasteiger partial charge in [0, 0.05) is 4.90 Å². The maximum absolute atomic E-state index is 11.2. The first kappa shape index (κ1) is 18.6. The third-order valence-corrected chi connectivity index (χ3v) is 4.83. The van der Waals surface area contributed by atoms with Crippen LogP contribution in [0.2, 0.25) is 0 Å². The molecule has 3 N–H and O–H groups in total. The lowest BCUT2D eigenvalue weighted by Crippen LogP contribution is -2.11. The zero-order valence-electron chi connectivity index (χ0n) is 12.6. The molecule has 8 nitrogen and oxygen atoms in total. The topological polar surface area (TPSA) is 136 Å².